The third kappa shape index (κ3) is 4.23. The smallest absolute Gasteiger partial charge is 0.273 e. The van der Waals surface area contributed by atoms with Gasteiger partial charge in [-0.3, -0.25) is 14.5 Å². The summed E-state index contributed by atoms with van der Waals surface area (Å²) < 4.78 is 0. The summed E-state index contributed by atoms with van der Waals surface area (Å²) in [5, 5.41) is 2.52. The molecule has 1 atom stereocenters. The number of hydrogen-bond donors (Lipinski definition) is 2. The van der Waals surface area contributed by atoms with Crippen molar-refractivity contribution in [2.75, 3.05) is 32.7 Å². The molecular formula is C13H21N5O2S. The van der Waals surface area contributed by atoms with E-state index in [0.717, 1.165) is 18.0 Å². The van der Waals surface area contributed by atoms with E-state index >= 15 is 0 Å². The number of amides is 2. The predicted molar refractivity (Wildman–Crippen MR) is 80.9 cm³/mol. The molecule has 1 aromatic rings. The van der Waals surface area contributed by atoms with Crippen LogP contribution in [0.15, 0.2) is 5.38 Å². The normalized spacial score (nSPS) is 18.3. The zero-order valence-electron chi connectivity index (χ0n) is 12.1. The third-order valence-corrected chi connectivity index (χ3v) is 4.43. The molecule has 1 fully saturated rings. The lowest BCUT2D eigenvalue weighted by molar-refractivity contribution is -0.119. The van der Waals surface area contributed by atoms with Gasteiger partial charge in [0.2, 0.25) is 5.91 Å². The molecular weight excluding hydrogens is 290 g/mol. The first kappa shape index (κ1) is 15.9. The van der Waals surface area contributed by atoms with E-state index in [1.807, 2.05) is 11.8 Å². The largest absolute Gasteiger partial charge is 0.369 e. The second kappa shape index (κ2) is 6.97. The van der Waals surface area contributed by atoms with Crippen LogP contribution in [0.5, 0.6) is 0 Å². The van der Waals surface area contributed by atoms with Crippen molar-refractivity contribution in [3.63, 3.8) is 0 Å². The Morgan fingerprint density at radius 2 is 2.14 bits per heavy atom. The van der Waals surface area contributed by atoms with Crippen LogP contribution in [-0.2, 0) is 4.79 Å². The molecule has 1 aliphatic rings. The van der Waals surface area contributed by atoms with Crippen LogP contribution in [0.4, 0.5) is 0 Å². The Balaban J connectivity index is 1.97. The topological polar surface area (TPSA) is 106 Å². The van der Waals surface area contributed by atoms with Gasteiger partial charge in [0.05, 0.1) is 12.6 Å². The van der Waals surface area contributed by atoms with Gasteiger partial charge in [-0.15, -0.1) is 11.3 Å². The van der Waals surface area contributed by atoms with Crippen LogP contribution in [0.3, 0.4) is 0 Å². The predicted octanol–water partition coefficient (Wildman–Crippen LogP) is -0.204. The molecule has 1 aliphatic heterocycles. The number of hydrogen-bond acceptors (Lipinski definition) is 6. The van der Waals surface area contributed by atoms with Gasteiger partial charge in [0.1, 0.15) is 10.7 Å². The first-order valence-corrected chi connectivity index (χ1v) is 7.86. The minimum absolute atomic E-state index is 0.0703. The van der Waals surface area contributed by atoms with Crippen LogP contribution in [0.25, 0.3) is 0 Å². The van der Waals surface area contributed by atoms with E-state index in [1.165, 1.54) is 11.3 Å². The minimum atomic E-state index is -0.337. The van der Waals surface area contributed by atoms with Gasteiger partial charge < -0.3 is 16.4 Å². The molecule has 4 N–H and O–H groups in total. The standard InChI is InChI=1S/C13H21N5O2S/c1-9(14)12-16-10(8-21-12)13(20)18-4-2-3-17(5-6-18)7-11(15)19/h8-9H,2-7,14H2,1H3,(H2,15,19). The summed E-state index contributed by atoms with van der Waals surface area (Å²) in [6, 6.07) is -0.160. The molecule has 2 amide bonds. The lowest BCUT2D eigenvalue weighted by Gasteiger charge is -2.20. The number of thiazole rings is 1. The number of nitrogens with two attached hydrogens (primary N) is 2. The van der Waals surface area contributed by atoms with Crippen LogP contribution >= 0.6 is 11.3 Å². The monoisotopic (exact) mass is 311 g/mol. The van der Waals surface area contributed by atoms with Crippen molar-refractivity contribution in [3.8, 4) is 0 Å². The van der Waals surface area contributed by atoms with Crippen LogP contribution in [0.2, 0.25) is 0 Å². The maximum atomic E-state index is 12.4. The minimum Gasteiger partial charge on any atom is -0.369 e. The summed E-state index contributed by atoms with van der Waals surface area (Å²) in [5.41, 5.74) is 11.4. The fraction of sp³-hybridized carbons (Fsp3) is 0.615. The molecule has 0 aliphatic carbocycles. The Morgan fingerprint density at radius 1 is 1.38 bits per heavy atom. The SMILES string of the molecule is CC(N)c1nc(C(=O)N2CCCN(CC(N)=O)CC2)cs1. The van der Waals surface area contributed by atoms with E-state index < -0.39 is 0 Å². The molecule has 1 saturated heterocycles. The van der Waals surface area contributed by atoms with Crippen molar-refractivity contribution in [3.05, 3.63) is 16.1 Å². The van der Waals surface area contributed by atoms with Gasteiger partial charge in [0.25, 0.3) is 5.91 Å². The van der Waals surface area contributed by atoms with Crippen molar-refractivity contribution in [1.82, 2.24) is 14.8 Å². The Morgan fingerprint density at radius 3 is 2.76 bits per heavy atom. The highest BCUT2D eigenvalue weighted by Crippen LogP contribution is 2.17. The Labute approximate surface area is 127 Å². The van der Waals surface area contributed by atoms with E-state index in [-0.39, 0.29) is 24.4 Å². The number of primary amides is 1. The molecule has 0 saturated carbocycles. The average molecular weight is 311 g/mol. The Hall–Kier alpha value is -1.51. The molecule has 0 spiro atoms. The molecule has 2 rings (SSSR count). The highest BCUT2D eigenvalue weighted by Gasteiger charge is 2.23. The quantitative estimate of drug-likeness (QED) is 0.801. The fourth-order valence-electron chi connectivity index (χ4n) is 2.31. The lowest BCUT2D eigenvalue weighted by Crippen LogP contribution is -2.38. The summed E-state index contributed by atoms with van der Waals surface area (Å²) in [5.74, 6) is -0.407. The zero-order chi connectivity index (χ0) is 15.4. The van der Waals surface area contributed by atoms with Crippen molar-refractivity contribution < 1.29 is 9.59 Å². The molecule has 0 aromatic carbocycles. The van der Waals surface area contributed by atoms with Crippen LogP contribution < -0.4 is 11.5 Å². The number of carbonyl (C=O) groups is 2. The molecule has 0 bridgehead atoms. The number of carbonyl (C=O) groups excluding carboxylic acids is 2. The summed E-state index contributed by atoms with van der Waals surface area (Å²) in [6.45, 7) is 4.76. The van der Waals surface area contributed by atoms with Gasteiger partial charge in [-0.25, -0.2) is 4.98 Å². The number of nitrogens with zero attached hydrogens (tertiary/aromatic N) is 3. The lowest BCUT2D eigenvalue weighted by atomic mass is 10.3. The van der Waals surface area contributed by atoms with E-state index in [2.05, 4.69) is 4.98 Å². The Kier molecular flexibility index (Phi) is 5.27. The maximum absolute atomic E-state index is 12.4. The summed E-state index contributed by atoms with van der Waals surface area (Å²) in [4.78, 5) is 31.5. The number of rotatable bonds is 4. The molecule has 0 radical (unpaired) electrons. The van der Waals surface area contributed by atoms with Gasteiger partial charge >= 0.3 is 0 Å². The van der Waals surface area contributed by atoms with Gasteiger partial charge in [-0.05, 0) is 13.3 Å². The first-order chi connectivity index (χ1) is 9.97. The van der Waals surface area contributed by atoms with E-state index in [9.17, 15) is 9.59 Å². The Bertz CT molecular complexity index is 516. The van der Waals surface area contributed by atoms with Crippen molar-refractivity contribution in [2.24, 2.45) is 11.5 Å². The van der Waals surface area contributed by atoms with Gasteiger partial charge in [-0.2, -0.15) is 0 Å². The van der Waals surface area contributed by atoms with Crippen LogP contribution in [0.1, 0.15) is 34.9 Å². The second-order valence-electron chi connectivity index (χ2n) is 5.25. The second-order valence-corrected chi connectivity index (χ2v) is 6.14. The summed E-state index contributed by atoms with van der Waals surface area (Å²) >= 11 is 1.41. The van der Waals surface area contributed by atoms with Crippen LogP contribution in [0, 0.1) is 0 Å². The van der Waals surface area contributed by atoms with Gasteiger partial charge in [0.15, 0.2) is 0 Å². The average Bonchev–Trinajstić information content (AvgIpc) is 2.80. The molecule has 8 heteroatoms. The first-order valence-electron chi connectivity index (χ1n) is 6.98. The third-order valence-electron chi connectivity index (χ3n) is 3.39. The molecule has 1 aromatic heterocycles. The van der Waals surface area contributed by atoms with Crippen LogP contribution in [-0.4, -0.2) is 59.3 Å². The summed E-state index contributed by atoms with van der Waals surface area (Å²) in [7, 11) is 0. The summed E-state index contributed by atoms with van der Waals surface area (Å²) in [6.07, 6.45) is 0.823. The van der Waals surface area contributed by atoms with E-state index in [1.54, 1.807) is 10.3 Å². The van der Waals surface area contributed by atoms with Crippen molar-refractivity contribution in [2.45, 2.75) is 19.4 Å². The highest BCUT2D eigenvalue weighted by atomic mass is 32.1. The fourth-order valence-corrected chi connectivity index (χ4v) is 3.06. The van der Waals surface area contributed by atoms with Gasteiger partial charge in [-0.1, -0.05) is 0 Å². The maximum Gasteiger partial charge on any atom is 0.273 e. The molecule has 2 heterocycles. The molecule has 21 heavy (non-hydrogen) atoms. The number of aromatic nitrogens is 1. The van der Waals surface area contributed by atoms with Gasteiger partial charge in [0, 0.05) is 31.6 Å². The van der Waals surface area contributed by atoms with E-state index in [4.69, 9.17) is 11.5 Å². The zero-order valence-corrected chi connectivity index (χ0v) is 12.9. The molecule has 116 valence electrons. The molecule has 1 unspecified atom stereocenters. The molecule has 7 nitrogen and oxygen atoms in total. The van der Waals surface area contributed by atoms with Crippen molar-refractivity contribution in [1.29, 1.82) is 0 Å². The van der Waals surface area contributed by atoms with E-state index in [0.29, 0.717) is 25.3 Å². The highest BCUT2D eigenvalue weighted by molar-refractivity contribution is 7.09. The van der Waals surface area contributed by atoms with Crippen molar-refractivity contribution >= 4 is 23.2 Å².